The van der Waals surface area contributed by atoms with Gasteiger partial charge in [-0.1, -0.05) is 12.1 Å². The van der Waals surface area contributed by atoms with E-state index < -0.39 is 94.3 Å². The van der Waals surface area contributed by atoms with E-state index in [9.17, 15) is 62.1 Å². The van der Waals surface area contributed by atoms with Crippen LogP contribution in [0.3, 0.4) is 0 Å². The first kappa shape index (κ1) is 56.4. The van der Waals surface area contributed by atoms with Gasteiger partial charge in [0, 0.05) is 22.1 Å². The first-order valence-corrected chi connectivity index (χ1v) is 21.7. The van der Waals surface area contributed by atoms with Crippen molar-refractivity contribution in [2.45, 2.75) is 19.6 Å². The van der Waals surface area contributed by atoms with Gasteiger partial charge < -0.3 is 49.4 Å². The van der Waals surface area contributed by atoms with E-state index in [0.29, 0.717) is 23.3 Å². The molecule has 0 bridgehead atoms. The van der Waals surface area contributed by atoms with E-state index in [1.54, 1.807) is 0 Å². The molecule has 0 heterocycles. The monoisotopic (exact) mass is 944 g/mol. The summed E-state index contributed by atoms with van der Waals surface area (Å²) in [5.74, 6) is -1.88. The molecule has 0 aliphatic rings. The van der Waals surface area contributed by atoms with Crippen molar-refractivity contribution in [3.05, 3.63) is 72.8 Å². The Kier molecular flexibility index (Phi) is 18.4. The molecule has 0 aliphatic carbocycles. The van der Waals surface area contributed by atoms with Crippen molar-refractivity contribution in [3.63, 3.8) is 0 Å². The van der Waals surface area contributed by atoms with E-state index in [1.807, 2.05) is 0 Å². The second-order valence-electron chi connectivity index (χ2n) is 12.4. The first-order chi connectivity index (χ1) is 27.8. The Morgan fingerprint density at radius 3 is 1.11 bits per heavy atom. The molecule has 6 aromatic rings. The zero-order valence-electron chi connectivity index (χ0n) is 34.1. The van der Waals surface area contributed by atoms with E-state index >= 15 is 0 Å². The average molecular weight is 945 g/mol. The van der Waals surface area contributed by atoms with Gasteiger partial charge in [0.25, 0.3) is 0 Å². The van der Waals surface area contributed by atoms with Crippen LogP contribution < -0.4 is 107 Å². The molecule has 0 amide bonds. The van der Waals surface area contributed by atoms with E-state index in [2.05, 4.69) is 20.5 Å². The van der Waals surface area contributed by atoms with Gasteiger partial charge in [0.1, 0.15) is 74.7 Å². The number of benzene rings is 6. The summed E-state index contributed by atoms with van der Waals surface area (Å²) in [5, 5.41) is 36.0. The maximum atomic E-state index is 12.2. The number of aromatic hydroxyl groups is 2. The standard InChI is InChI=1S/C34H28N6O16S4.3Li.Na/c1-55-25-9-15(3-5-23(25)37-39-31-27(59(49,50)51)11-17-7-19(57(43,44)45)13-21(35)29(17)33(31)41)16-4-6-24(26(10-16)56-2)38-40-32-28(60(52,53)54)12-18-8-20(58(46,47)48)14-22(36)30(18)34(32)42;;;;/h3-14,41-42H,35-36H2,1-2H3,(H,43,44,45)(H,46,47,48)(H,49,50,51)(H,52,53,54);;;;/q;4*+1/p-4. The van der Waals surface area contributed by atoms with Gasteiger partial charge in [-0.15, -0.1) is 20.5 Å². The summed E-state index contributed by atoms with van der Waals surface area (Å²) < 4.78 is 153. The summed E-state index contributed by atoms with van der Waals surface area (Å²) in [7, 11) is -18.5. The van der Waals surface area contributed by atoms with Crippen LogP contribution in [0.4, 0.5) is 34.1 Å². The van der Waals surface area contributed by atoms with Gasteiger partial charge in [-0.2, -0.15) is 0 Å². The van der Waals surface area contributed by atoms with Crippen molar-refractivity contribution in [2.24, 2.45) is 20.5 Å². The molecular weight excluding hydrogens is 920 g/mol. The minimum absolute atomic E-state index is 0. The first-order valence-electron chi connectivity index (χ1n) is 16.1. The van der Waals surface area contributed by atoms with Crippen molar-refractivity contribution in [1.29, 1.82) is 0 Å². The van der Waals surface area contributed by atoms with E-state index in [-0.39, 0.29) is 131 Å². The number of ether oxygens (including phenoxy) is 2. The van der Waals surface area contributed by atoms with E-state index in [1.165, 1.54) is 50.6 Å². The smallest absolute Gasteiger partial charge is 0.744 e. The number of nitrogens with two attached hydrogens (primary N) is 2. The number of fused-ring (bicyclic) bond motifs is 2. The molecule has 22 nitrogen and oxygen atoms in total. The summed E-state index contributed by atoms with van der Waals surface area (Å²) >= 11 is 0. The van der Waals surface area contributed by atoms with Crippen LogP contribution in [-0.4, -0.2) is 76.3 Å². The molecule has 0 spiro atoms. The number of rotatable bonds is 11. The molecule has 0 radical (unpaired) electrons. The van der Waals surface area contributed by atoms with Gasteiger partial charge in [-0.3, -0.25) is 0 Å². The molecule has 6 rings (SSSR count). The van der Waals surface area contributed by atoms with Gasteiger partial charge in [0.2, 0.25) is 0 Å². The Morgan fingerprint density at radius 2 is 0.828 bits per heavy atom. The minimum atomic E-state index is -5.40. The maximum absolute atomic E-state index is 12.2. The number of hydrogen-bond acceptors (Lipinski definition) is 22. The predicted octanol–water partition coefficient (Wildman–Crippen LogP) is -7.28. The number of phenolic OH excluding ortho intramolecular Hbond substituents is 2. The number of hydrogen-bond donors (Lipinski definition) is 4. The van der Waals surface area contributed by atoms with Crippen molar-refractivity contribution >= 4 is 96.1 Å². The molecule has 0 fully saturated rings. The summed E-state index contributed by atoms with van der Waals surface area (Å²) in [6, 6.07) is 12.9. The third kappa shape index (κ3) is 11.6. The fraction of sp³-hybridized carbons (Fsp3) is 0.0588. The minimum Gasteiger partial charge on any atom is -0.744 e. The largest absolute Gasteiger partial charge is 1.00 e. The van der Waals surface area contributed by atoms with E-state index in [0.717, 1.165) is 24.3 Å². The second kappa shape index (κ2) is 20.8. The molecule has 0 aliphatic heterocycles. The molecule has 64 heavy (non-hydrogen) atoms. The van der Waals surface area contributed by atoms with Gasteiger partial charge in [0.15, 0.2) is 11.5 Å². The summed E-state index contributed by atoms with van der Waals surface area (Å²) in [6.07, 6.45) is 0. The topological polar surface area (TPSA) is 389 Å². The molecule has 314 valence electrons. The van der Waals surface area contributed by atoms with Crippen molar-refractivity contribution in [2.75, 3.05) is 25.7 Å². The second-order valence-corrected chi connectivity index (χ2v) is 17.8. The van der Waals surface area contributed by atoms with Crippen LogP contribution in [0.2, 0.25) is 0 Å². The number of phenols is 2. The predicted molar refractivity (Wildman–Crippen MR) is 205 cm³/mol. The van der Waals surface area contributed by atoms with Crippen molar-refractivity contribution < 1.29 is 158 Å². The maximum Gasteiger partial charge on any atom is 1.00 e. The van der Waals surface area contributed by atoms with Crippen LogP contribution in [0.25, 0.3) is 32.7 Å². The Bertz CT molecular complexity index is 3140. The molecule has 0 saturated heterocycles. The van der Waals surface area contributed by atoms with Gasteiger partial charge in [-0.05, 0) is 82.6 Å². The molecule has 6 N–H and O–H groups in total. The quantitative estimate of drug-likeness (QED) is 0.0406. The van der Waals surface area contributed by atoms with Crippen LogP contribution in [-0.2, 0) is 40.5 Å². The zero-order valence-corrected chi connectivity index (χ0v) is 39.4. The number of nitrogen functional groups attached to an aromatic ring is 2. The average Bonchev–Trinajstić information content (AvgIpc) is 3.14. The molecule has 0 aromatic heterocycles. The van der Waals surface area contributed by atoms with Crippen LogP contribution in [0.5, 0.6) is 23.0 Å². The van der Waals surface area contributed by atoms with Crippen LogP contribution in [0.1, 0.15) is 0 Å². The van der Waals surface area contributed by atoms with Crippen LogP contribution in [0, 0.1) is 0 Å². The van der Waals surface area contributed by atoms with E-state index in [4.69, 9.17) is 20.9 Å². The van der Waals surface area contributed by atoms with Crippen molar-refractivity contribution in [3.8, 4) is 34.1 Å². The fourth-order valence-corrected chi connectivity index (χ4v) is 8.31. The Labute approximate surface area is 422 Å². The number of anilines is 2. The Hall–Kier alpha value is -3.73. The third-order valence-electron chi connectivity index (χ3n) is 8.63. The number of nitrogens with zero attached hydrogens (tertiary/aromatic N) is 4. The zero-order chi connectivity index (χ0) is 44.3. The van der Waals surface area contributed by atoms with Crippen LogP contribution in [0.15, 0.2) is 113 Å². The fourth-order valence-electron chi connectivity index (χ4n) is 5.93. The number of methoxy groups -OCH3 is 2. The number of azo groups is 2. The molecule has 0 atom stereocenters. The normalized spacial score (nSPS) is 12.0. The molecule has 30 heteroatoms. The summed E-state index contributed by atoms with van der Waals surface area (Å²) in [4.78, 5) is -3.93. The SMILES string of the molecule is COc1cc(-c2ccc(N=Nc3c(S(=O)(=O)[O-])cc4cc(S(=O)(=O)[O-])cc(N)c4c3O)c(OC)c2)ccc1N=Nc1c(S(=O)(=O)[O-])cc2cc(S(=O)(=O)[O-])cc(N)c2c1O.[Li+].[Li+].[Li+].[Na+]. The molecule has 0 saturated carbocycles. The van der Waals surface area contributed by atoms with Crippen LogP contribution >= 0.6 is 0 Å². The Balaban J connectivity index is 0.00000352. The summed E-state index contributed by atoms with van der Waals surface area (Å²) in [5.41, 5.74) is 9.88. The van der Waals surface area contributed by atoms with Crippen molar-refractivity contribution in [1.82, 2.24) is 0 Å². The van der Waals surface area contributed by atoms with Gasteiger partial charge in [-0.25, -0.2) is 33.7 Å². The molecule has 6 aromatic carbocycles. The van der Waals surface area contributed by atoms with Gasteiger partial charge >= 0.3 is 86.1 Å². The van der Waals surface area contributed by atoms with Gasteiger partial charge in [0.05, 0.1) is 33.8 Å². The molecule has 0 unspecified atom stereocenters. The third-order valence-corrected chi connectivity index (χ3v) is 12.0. The summed E-state index contributed by atoms with van der Waals surface area (Å²) in [6.45, 7) is 0. The Morgan fingerprint density at radius 1 is 0.500 bits per heavy atom. The molecular formula is C34H24Li3N6NaO16S4.